The van der Waals surface area contributed by atoms with Gasteiger partial charge in [0.25, 0.3) is 0 Å². The molecule has 1 aromatic heterocycles. The minimum atomic E-state index is -0.337. The summed E-state index contributed by atoms with van der Waals surface area (Å²) in [6.07, 6.45) is 1.65. The van der Waals surface area contributed by atoms with Crippen LogP contribution in [0.1, 0.15) is 19.5 Å². The van der Waals surface area contributed by atoms with E-state index in [4.69, 9.17) is 17.3 Å². The van der Waals surface area contributed by atoms with E-state index in [0.29, 0.717) is 11.6 Å². The van der Waals surface area contributed by atoms with Gasteiger partial charge in [-0.2, -0.15) is 0 Å². The van der Waals surface area contributed by atoms with Crippen LogP contribution < -0.4 is 5.73 Å². The Labute approximate surface area is 100 Å². The first-order valence-electron chi connectivity index (χ1n) is 5.12. The molecule has 4 nitrogen and oxygen atoms in total. The van der Waals surface area contributed by atoms with Crippen molar-refractivity contribution in [3.8, 4) is 0 Å². The van der Waals surface area contributed by atoms with Gasteiger partial charge in [-0.05, 0) is 26.0 Å². The number of rotatable bonds is 5. The van der Waals surface area contributed by atoms with Gasteiger partial charge in [0, 0.05) is 23.8 Å². The zero-order valence-electron chi connectivity index (χ0n) is 9.48. The van der Waals surface area contributed by atoms with Crippen LogP contribution in [0.15, 0.2) is 18.3 Å². The number of carbonyl (C=O) groups is 1. The van der Waals surface area contributed by atoms with Gasteiger partial charge in [-0.3, -0.25) is 14.7 Å². The van der Waals surface area contributed by atoms with Crippen molar-refractivity contribution in [2.24, 2.45) is 5.73 Å². The quantitative estimate of drug-likeness (QED) is 0.849. The monoisotopic (exact) mass is 241 g/mol. The molecule has 0 saturated heterocycles. The molecule has 0 spiro atoms. The first kappa shape index (κ1) is 12.9. The molecule has 0 aliphatic heterocycles. The van der Waals surface area contributed by atoms with Gasteiger partial charge in [-0.15, -0.1) is 0 Å². The summed E-state index contributed by atoms with van der Waals surface area (Å²) in [4.78, 5) is 17.0. The Balaban J connectivity index is 2.71. The Hall–Kier alpha value is -1.13. The molecule has 16 heavy (non-hydrogen) atoms. The number of aromatic nitrogens is 1. The van der Waals surface area contributed by atoms with Crippen molar-refractivity contribution in [3.63, 3.8) is 0 Å². The third kappa shape index (κ3) is 4.16. The molecule has 0 fully saturated rings. The molecule has 1 amide bonds. The molecule has 1 rings (SSSR count). The topological polar surface area (TPSA) is 59.2 Å². The summed E-state index contributed by atoms with van der Waals surface area (Å²) in [5.41, 5.74) is 6.02. The Morgan fingerprint density at radius 3 is 2.81 bits per heavy atom. The second-order valence-corrected chi connectivity index (χ2v) is 4.37. The number of halogens is 1. The van der Waals surface area contributed by atoms with Gasteiger partial charge < -0.3 is 5.73 Å². The Bertz CT molecular complexity index is 368. The van der Waals surface area contributed by atoms with Gasteiger partial charge in [0.2, 0.25) is 5.91 Å². The molecule has 0 bridgehead atoms. The van der Waals surface area contributed by atoms with Gasteiger partial charge in [0.15, 0.2) is 0 Å². The summed E-state index contributed by atoms with van der Waals surface area (Å²) in [7, 11) is 0. The van der Waals surface area contributed by atoms with Crippen LogP contribution in [0.5, 0.6) is 0 Å². The number of pyridine rings is 1. The van der Waals surface area contributed by atoms with Gasteiger partial charge in [-0.25, -0.2) is 0 Å². The zero-order chi connectivity index (χ0) is 12.1. The van der Waals surface area contributed by atoms with Crippen molar-refractivity contribution in [1.82, 2.24) is 9.88 Å². The van der Waals surface area contributed by atoms with Crippen molar-refractivity contribution >= 4 is 17.5 Å². The summed E-state index contributed by atoms with van der Waals surface area (Å²) in [6, 6.07) is 3.74. The van der Waals surface area contributed by atoms with Crippen LogP contribution in [-0.4, -0.2) is 28.4 Å². The predicted molar refractivity (Wildman–Crippen MR) is 64.0 cm³/mol. The number of nitrogens with two attached hydrogens (primary N) is 1. The van der Waals surface area contributed by atoms with Crippen LogP contribution in [0.25, 0.3) is 0 Å². The minimum absolute atomic E-state index is 0.228. The predicted octanol–water partition coefficient (Wildman–Crippen LogP) is 1.43. The lowest BCUT2D eigenvalue weighted by molar-refractivity contribution is -0.119. The fourth-order valence-corrected chi connectivity index (χ4v) is 1.55. The lowest BCUT2D eigenvalue weighted by Gasteiger charge is -2.24. The maximum Gasteiger partial charge on any atom is 0.231 e. The molecule has 0 aliphatic carbocycles. The smallest absolute Gasteiger partial charge is 0.231 e. The highest BCUT2D eigenvalue weighted by Gasteiger charge is 2.13. The molecule has 0 radical (unpaired) electrons. The molecule has 5 heteroatoms. The van der Waals surface area contributed by atoms with E-state index >= 15 is 0 Å². The SMILES string of the molecule is CC(C)N(CC(N)=O)Cc1cc(Cl)ccn1. The summed E-state index contributed by atoms with van der Waals surface area (Å²) in [6.45, 7) is 4.81. The van der Waals surface area contributed by atoms with E-state index in [-0.39, 0.29) is 18.5 Å². The van der Waals surface area contributed by atoms with Crippen LogP contribution in [-0.2, 0) is 11.3 Å². The summed E-state index contributed by atoms with van der Waals surface area (Å²) in [5.74, 6) is -0.337. The lowest BCUT2D eigenvalue weighted by atomic mass is 10.2. The first-order chi connectivity index (χ1) is 7.49. The largest absolute Gasteiger partial charge is 0.369 e. The van der Waals surface area contributed by atoms with Crippen molar-refractivity contribution in [2.45, 2.75) is 26.4 Å². The van der Waals surface area contributed by atoms with E-state index in [9.17, 15) is 4.79 Å². The maximum atomic E-state index is 10.9. The third-order valence-corrected chi connectivity index (χ3v) is 2.47. The average Bonchev–Trinajstić information content (AvgIpc) is 2.15. The molecule has 0 aliphatic rings. The zero-order valence-corrected chi connectivity index (χ0v) is 10.2. The van der Waals surface area contributed by atoms with E-state index in [1.807, 2.05) is 18.7 Å². The van der Waals surface area contributed by atoms with Crippen LogP contribution in [0.3, 0.4) is 0 Å². The van der Waals surface area contributed by atoms with Crippen LogP contribution in [0.2, 0.25) is 5.02 Å². The summed E-state index contributed by atoms with van der Waals surface area (Å²) < 4.78 is 0. The standard InChI is InChI=1S/C11H16ClN3O/c1-8(2)15(7-11(13)16)6-10-5-9(12)3-4-14-10/h3-5,8H,6-7H2,1-2H3,(H2,13,16). The van der Waals surface area contributed by atoms with Gasteiger partial charge in [-0.1, -0.05) is 11.6 Å². The van der Waals surface area contributed by atoms with Crippen LogP contribution in [0, 0.1) is 0 Å². The number of nitrogens with zero attached hydrogens (tertiary/aromatic N) is 2. The number of primary amides is 1. The average molecular weight is 242 g/mol. The second-order valence-electron chi connectivity index (χ2n) is 3.93. The number of hydrogen-bond acceptors (Lipinski definition) is 3. The van der Waals surface area contributed by atoms with E-state index in [0.717, 1.165) is 5.69 Å². The Kier molecular flexibility index (Phi) is 4.71. The van der Waals surface area contributed by atoms with Gasteiger partial charge >= 0.3 is 0 Å². The van der Waals surface area contributed by atoms with Gasteiger partial charge in [0.1, 0.15) is 0 Å². The lowest BCUT2D eigenvalue weighted by Crippen LogP contribution is -2.38. The Morgan fingerprint density at radius 1 is 1.62 bits per heavy atom. The fraction of sp³-hybridized carbons (Fsp3) is 0.455. The van der Waals surface area contributed by atoms with Crippen molar-refractivity contribution in [1.29, 1.82) is 0 Å². The first-order valence-corrected chi connectivity index (χ1v) is 5.49. The molecule has 2 N–H and O–H groups in total. The van der Waals surface area contributed by atoms with Crippen molar-refractivity contribution < 1.29 is 4.79 Å². The number of hydrogen-bond donors (Lipinski definition) is 1. The Morgan fingerprint density at radius 2 is 2.31 bits per heavy atom. The van der Waals surface area contributed by atoms with Crippen molar-refractivity contribution in [2.75, 3.05) is 6.54 Å². The highest BCUT2D eigenvalue weighted by molar-refractivity contribution is 6.30. The molecule has 0 atom stereocenters. The highest BCUT2D eigenvalue weighted by Crippen LogP contribution is 2.11. The molecule has 0 aromatic carbocycles. The van der Waals surface area contributed by atoms with E-state index in [1.54, 1.807) is 18.3 Å². The molecule has 1 heterocycles. The van der Waals surface area contributed by atoms with Gasteiger partial charge in [0.05, 0.1) is 12.2 Å². The summed E-state index contributed by atoms with van der Waals surface area (Å²) in [5, 5.41) is 0.646. The molecule has 0 saturated carbocycles. The molecule has 88 valence electrons. The molecular weight excluding hydrogens is 226 g/mol. The number of carbonyl (C=O) groups excluding carboxylic acids is 1. The molecular formula is C11H16ClN3O. The summed E-state index contributed by atoms with van der Waals surface area (Å²) >= 11 is 5.86. The van der Waals surface area contributed by atoms with Crippen LogP contribution >= 0.6 is 11.6 Å². The molecule has 1 aromatic rings. The van der Waals surface area contributed by atoms with E-state index < -0.39 is 0 Å². The fourth-order valence-electron chi connectivity index (χ4n) is 1.36. The molecule has 0 unspecified atom stereocenters. The highest BCUT2D eigenvalue weighted by atomic mass is 35.5. The van der Waals surface area contributed by atoms with Crippen molar-refractivity contribution in [3.05, 3.63) is 29.0 Å². The second kappa shape index (κ2) is 5.82. The van der Waals surface area contributed by atoms with E-state index in [1.165, 1.54) is 0 Å². The van der Waals surface area contributed by atoms with Crippen LogP contribution in [0.4, 0.5) is 0 Å². The third-order valence-electron chi connectivity index (χ3n) is 2.23. The normalized spacial score (nSPS) is 11.1. The number of amides is 1. The van der Waals surface area contributed by atoms with E-state index in [2.05, 4.69) is 4.98 Å². The maximum absolute atomic E-state index is 10.9. The minimum Gasteiger partial charge on any atom is -0.369 e.